The lowest BCUT2D eigenvalue weighted by atomic mass is 9.77. The van der Waals surface area contributed by atoms with Gasteiger partial charge in [0.1, 0.15) is 0 Å². The maximum atomic E-state index is 6.58. The zero-order chi connectivity index (χ0) is 12.2. The van der Waals surface area contributed by atoms with Crippen LogP contribution in [0.4, 0.5) is 0 Å². The summed E-state index contributed by atoms with van der Waals surface area (Å²) in [5.74, 6) is 0. The van der Waals surface area contributed by atoms with Gasteiger partial charge in [-0.15, -0.1) is 0 Å². The molecule has 17 heavy (non-hydrogen) atoms. The van der Waals surface area contributed by atoms with E-state index in [1.807, 2.05) is 0 Å². The lowest BCUT2D eigenvalue weighted by Gasteiger charge is -2.44. The predicted molar refractivity (Wildman–Crippen MR) is 71.1 cm³/mol. The highest BCUT2D eigenvalue weighted by Gasteiger charge is 2.44. The zero-order valence-electron chi connectivity index (χ0n) is 11.3. The van der Waals surface area contributed by atoms with Crippen molar-refractivity contribution in [2.45, 2.75) is 69.4 Å². The summed E-state index contributed by atoms with van der Waals surface area (Å²) in [6, 6.07) is 0. The van der Waals surface area contributed by atoms with Crippen molar-refractivity contribution < 1.29 is 4.74 Å². The van der Waals surface area contributed by atoms with E-state index in [0.29, 0.717) is 0 Å². The minimum atomic E-state index is 0.0172. The molecule has 0 aromatic rings. The Morgan fingerprint density at radius 2 is 1.94 bits per heavy atom. The number of hydrogen-bond acceptors (Lipinski definition) is 3. The van der Waals surface area contributed by atoms with E-state index in [1.165, 1.54) is 32.1 Å². The van der Waals surface area contributed by atoms with Crippen molar-refractivity contribution in [3.05, 3.63) is 0 Å². The van der Waals surface area contributed by atoms with E-state index in [0.717, 1.165) is 39.0 Å². The van der Waals surface area contributed by atoms with Crippen LogP contribution in [0.1, 0.15) is 58.3 Å². The summed E-state index contributed by atoms with van der Waals surface area (Å²) in [5, 5.41) is 3.47. The molecule has 1 atom stereocenters. The fourth-order valence-electron chi connectivity index (χ4n) is 3.44. The Morgan fingerprint density at radius 3 is 2.65 bits per heavy atom. The van der Waals surface area contributed by atoms with Gasteiger partial charge in [-0.3, -0.25) is 0 Å². The molecule has 0 aromatic heterocycles. The molecule has 2 fully saturated rings. The van der Waals surface area contributed by atoms with Crippen LogP contribution in [0.3, 0.4) is 0 Å². The number of nitrogens with two attached hydrogens (primary N) is 1. The second-order valence-corrected chi connectivity index (χ2v) is 6.03. The van der Waals surface area contributed by atoms with Crippen molar-refractivity contribution in [3.8, 4) is 0 Å². The molecular formula is C14H28N2O. The van der Waals surface area contributed by atoms with Gasteiger partial charge < -0.3 is 15.8 Å². The first-order valence-corrected chi connectivity index (χ1v) is 7.32. The maximum Gasteiger partial charge on any atom is 0.0700 e. The van der Waals surface area contributed by atoms with Gasteiger partial charge in [-0.1, -0.05) is 19.8 Å². The Labute approximate surface area is 105 Å². The maximum absolute atomic E-state index is 6.58. The summed E-state index contributed by atoms with van der Waals surface area (Å²) in [6.07, 6.45) is 9.51. The third-order valence-corrected chi connectivity index (χ3v) is 4.42. The lowest BCUT2D eigenvalue weighted by molar-refractivity contribution is -0.100. The number of ether oxygens (including phenoxy) is 1. The van der Waals surface area contributed by atoms with Crippen LogP contribution in [0, 0.1) is 0 Å². The van der Waals surface area contributed by atoms with Crippen molar-refractivity contribution in [2.24, 2.45) is 5.73 Å². The smallest absolute Gasteiger partial charge is 0.0700 e. The van der Waals surface area contributed by atoms with Crippen molar-refractivity contribution in [1.82, 2.24) is 5.32 Å². The summed E-state index contributed by atoms with van der Waals surface area (Å²) < 4.78 is 6.05. The van der Waals surface area contributed by atoms with E-state index >= 15 is 0 Å². The molecule has 2 rings (SSSR count). The average molecular weight is 240 g/mol. The van der Waals surface area contributed by atoms with Crippen LogP contribution in [0.25, 0.3) is 0 Å². The zero-order valence-corrected chi connectivity index (χ0v) is 11.3. The van der Waals surface area contributed by atoms with Crippen molar-refractivity contribution in [3.63, 3.8) is 0 Å². The molecule has 0 bridgehead atoms. The normalized spacial score (nSPS) is 32.1. The molecule has 1 aliphatic heterocycles. The molecule has 1 saturated carbocycles. The standard InChI is InChI=1S/C14H28N2O/c1-2-9-16-10-7-13(15)8-11-17-14(12-13)5-3-4-6-14/h16H,2-12,15H2,1H3. The molecule has 1 saturated heterocycles. The van der Waals surface area contributed by atoms with Crippen LogP contribution in [0.2, 0.25) is 0 Å². The second kappa shape index (κ2) is 5.68. The minimum Gasteiger partial charge on any atom is -0.375 e. The topological polar surface area (TPSA) is 47.3 Å². The van der Waals surface area contributed by atoms with Crippen LogP contribution in [-0.2, 0) is 4.74 Å². The van der Waals surface area contributed by atoms with Crippen LogP contribution in [-0.4, -0.2) is 30.8 Å². The van der Waals surface area contributed by atoms with Gasteiger partial charge in [-0.2, -0.15) is 0 Å². The van der Waals surface area contributed by atoms with E-state index < -0.39 is 0 Å². The van der Waals surface area contributed by atoms with Gasteiger partial charge in [0.05, 0.1) is 5.60 Å². The van der Waals surface area contributed by atoms with Crippen molar-refractivity contribution in [2.75, 3.05) is 19.7 Å². The molecule has 3 nitrogen and oxygen atoms in total. The highest BCUT2D eigenvalue weighted by atomic mass is 16.5. The number of nitrogens with one attached hydrogen (secondary N) is 1. The summed E-state index contributed by atoms with van der Waals surface area (Å²) in [7, 11) is 0. The molecule has 2 aliphatic rings. The molecule has 1 heterocycles. The third-order valence-electron chi connectivity index (χ3n) is 4.42. The van der Waals surface area contributed by atoms with Gasteiger partial charge >= 0.3 is 0 Å². The molecule has 1 spiro atoms. The molecule has 3 N–H and O–H groups in total. The fraction of sp³-hybridized carbons (Fsp3) is 1.00. The Kier molecular flexibility index (Phi) is 4.45. The third kappa shape index (κ3) is 3.43. The van der Waals surface area contributed by atoms with Crippen LogP contribution >= 0.6 is 0 Å². The van der Waals surface area contributed by atoms with E-state index in [2.05, 4.69) is 12.2 Å². The van der Waals surface area contributed by atoms with Gasteiger partial charge in [0.2, 0.25) is 0 Å². The molecule has 1 aliphatic carbocycles. The molecule has 0 aromatic carbocycles. The molecular weight excluding hydrogens is 212 g/mol. The quantitative estimate of drug-likeness (QED) is 0.724. The second-order valence-electron chi connectivity index (χ2n) is 6.03. The van der Waals surface area contributed by atoms with Gasteiger partial charge in [-0.25, -0.2) is 0 Å². The first-order chi connectivity index (χ1) is 8.18. The highest BCUT2D eigenvalue weighted by Crippen LogP contribution is 2.43. The summed E-state index contributed by atoms with van der Waals surface area (Å²) in [5.41, 5.74) is 6.74. The Hall–Kier alpha value is -0.120. The van der Waals surface area contributed by atoms with Crippen LogP contribution < -0.4 is 11.1 Å². The Balaban J connectivity index is 1.82. The largest absolute Gasteiger partial charge is 0.375 e. The fourth-order valence-corrected chi connectivity index (χ4v) is 3.44. The van der Waals surface area contributed by atoms with E-state index in [4.69, 9.17) is 10.5 Å². The molecule has 1 unspecified atom stereocenters. The SMILES string of the molecule is CCCNCCC1(N)CCOC2(CCCC2)C1. The molecule has 0 amide bonds. The number of rotatable bonds is 5. The summed E-state index contributed by atoms with van der Waals surface area (Å²) in [4.78, 5) is 0. The van der Waals surface area contributed by atoms with Crippen LogP contribution in [0.5, 0.6) is 0 Å². The number of hydrogen-bond donors (Lipinski definition) is 2. The molecule has 0 radical (unpaired) electrons. The summed E-state index contributed by atoms with van der Waals surface area (Å²) in [6.45, 7) is 5.23. The average Bonchev–Trinajstić information content (AvgIpc) is 2.72. The van der Waals surface area contributed by atoms with E-state index in [1.54, 1.807) is 0 Å². The van der Waals surface area contributed by atoms with Crippen molar-refractivity contribution in [1.29, 1.82) is 0 Å². The molecule has 3 heteroatoms. The van der Waals surface area contributed by atoms with Gasteiger partial charge in [0, 0.05) is 12.1 Å². The van der Waals surface area contributed by atoms with Gasteiger partial charge in [-0.05, 0) is 51.6 Å². The van der Waals surface area contributed by atoms with Crippen molar-refractivity contribution >= 4 is 0 Å². The van der Waals surface area contributed by atoms with Gasteiger partial charge in [0.15, 0.2) is 0 Å². The van der Waals surface area contributed by atoms with E-state index in [9.17, 15) is 0 Å². The first kappa shape index (κ1) is 13.3. The van der Waals surface area contributed by atoms with Crippen LogP contribution in [0.15, 0.2) is 0 Å². The summed E-state index contributed by atoms with van der Waals surface area (Å²) >= 11 is 0. The predicted octanol–water partition coefficient (Wildman–Crippen LogP) is 2.20. The molecule has 100 valence electrons. The lowest BCUT2D eigenvalue weighted by Crippen LogP contribution is -2.54. The minimum absolute atomic E-state index is 0.0172. The first-order valence-electron chi connectivity index (χ1n) is 7.32. The van der Waals surface area contributed by atoms with Gasteiger partial charge in [0.25, 0.3) is 0 Å². The highest BCUT2D eigenvalue weighted by molar-refractivity contribution is 5.00. The Morgan fingerprint density at radius 1 is 1.18 bits per heavy atom. The van der Waals surface area contributed by atoms with E-state index in [-0.39, 0.29) is 11.1 Å². The monoisotopic (exact) mass is 240 g/mol. The Bertz CT molecular complexity index is 238.